The van der Waals surface area contributed by atoms with Crippen molar-refractivity contribution in [2.45, 2.75) is 52.0 Å². The minimum atomic E-state index is 0.162. The van der Waals surface area contributed by atoms with Gasteiger partial charge in [0.15, 0.2) is 6.54 Å². The first-order chi connectivity index (χ1) is 20.8. The van der Waals surface area contributed by atoms with E-state index < -0.39 is 0 Å². The summed E-state index contributed by atoms with van der Waals surface area (Å²) in [6, 6.07) is 26.2. The molecular formula is C37H48N5O+. The topological polar surface area (TPSA) is 50.2 Å². The predicted molar refractivity (Wildman–Crippen MR) is 183 cm³/mol. The van der Waals surface area contributed by atoms with Crippen LogP contribution in [0, 0.1) is 0 Å². The van der Waals surface area contributed by atoms with Gasteiger partial charge in [-0.3, -0.25) is 4.79 Å². The van der Waals surface area contributed by atoms with E-state index in [0.29, 0.717) is 11.0 Å². The Kier molecular flexibility index (Phi) is 9.66. The molecule has 43 heavy (non-hydrogen) atoms. The van der Waals surface area contributed by atoms with Gasteiger partial charge < -0.3 is 19.3 Å². The fourth-order valence-corrected chi connectivity index (χ4v) is 6.22. The van der Waals surface area contributed by atoms with Crippen molar-refractivity contribution in [2.75, 3.05) is 52.7 Å². The van der Waals surface area contributed by atoms with Crippen LogP contribution in [-0.4, -0.2) is 67.8 Å². The molecule has 5 aromatic rings. The maximum atomic E-state index is 12.5. The lowest BCUT2D eigenvalue weighted by Crippen LogP contribution is -2.48. The average molecular weight is 579 g/mol. The summed E-state index contributed by atoms with van der Waals surface area (Å²) < 4.78 is 3.17. The fraction of sp³-hybridized carbons (Fsp3) is 0.405. The van der Waals surface area contributed by atoms with Crippen molar-refractivity contribution in [2.24, 2.45) is 0 Å². The first-order valence-electron chi connectivity index (χ1n) is 15.9. The highest BCUT2D eigenvalue weighted by Gasteiger charge is 2.21. The van der Waals surface area contributed by atoms with E-state index >= 15 is 0 Å². The van der Waals surface area contributed by atoms with E-state index in [9.17, 15) is 4.79 Å². The summed E-state index contributed by atoms with van der Waals surface area (Å²) in [5.41, 5.74) is 4.61. The van der Waals surface area contributed by atoms with Crippen LogP contribution in [0.5, 0.6) is 0 Å². The van der Waals surface area contributed by atoms with Gasteiger partial charge in [-0.05, 0) is 60.7 Å². The Labute approximate surface area is 256 Å². The number of quaternary nitrogens is 1. The number of imidazole rings is 1. The van der Waals surface area contributed by atoms with Crippen LogP contribution in [0.1, 0.15) is 45.4 Å². The Morgan fingerprint density at radius 2 is 1.47 bits per heavy atom. The van der Waals surface area contributed by atoms with E-state index in [1.54, 1.807) is 0 Å². The highest BCUT2D eigenvalue weighted by molar-refractivity contribution is 6.23. The Morgan fingerprint density at radius 1 is 0.814 bits per heavy atom. The number of likely N-dealkylation sites (N-methyl/N-ethyl adjacent to an activating group) is 1. The lowest BCUT2D eigenvalue weighted by Gasteiger charge is -2.29. The molecule has 6 nitrogen and oxygen atoms in total. The maximum absolute atomic E-state index is 12.5. The smallest absolute Gasteiger partial charge is 0.275 e. The minimum Gasteiger partial charge on any atom is -0.378 e. The lowest BCUT2D eigenvalue weighted by atomic mass is 10.00. The highest BCUT2D eigenvalue weighted by atomic mass is 16.2. The summed E-state index contributed by atoms with van der Waals surface area (Å²) in [5, 5.41) is 8.08. The van der Waals surface area contributed by atoms with Crippen LogP contribution in [0.4, 0.5) is 5.69 Å². The van der Waals surface area contributed by atoms with E-state index in [4.69, 9.17) is 4.98 Å². The molecule has 5 rings (SSSR count). The number of aromatic nitrogens is 2. The number of nitrogens with zero attached hydrogens (tertiary/aromatic N) is 4. The van der Waals surface area contributed by atoms with Gasteiger partial charge >= 0.3 is 0 Å². The molecule has 0 radical (unpaired) electrons. The average Bonchev–Trinajstić information content (AvgIpc) is 3.39. The number of amides is 1. The van der Waals surface area contributed by atoms with Gasteiger partial charge in [-0.25, -0.2) is 4.98 Å². The number of nitrogens with one attached hydrogen (secondary N) is 1. The number of hydrogen-bond acceptors (Lipinski definition) is 3. The monoisotopic (exact) mass is 578 g/mol. The van der Waals surface area contributed by atoms with Gasteiger partial charge in [0.05, 0.1) is 31.7 Å². The highest BCUT2D eigenvalue weighted by Crippen LogP contribution is 2.37. The Balaban J connectivity index is 1.39. The predicted octanol–water partition coefficient (Wildman–Crippen LogP) is 7.63. The molecular weight excluding hydrogens is 530 g/mol. The zero-order valence-corrected chi connectivity index (χ0v) is 26.7. The first-order valence-corrected chi connectivity index (χ1v) is 15.9. The van der Waals surface area contributed by atoms with Gasteiger partial charge in [-0.15, -0.1) is 0 Å². The van der Waals surface area contributed by atoms with Gasteiger partial charge in [0.1, 0.15) is 5.82 Å². The molecule has 1 heterocycles. The maximum Gasteiger partial charge on any atom is 0.275 e. The second-order valence-electron chi connectivity index (χ2n) is 12.8. The molecule has 4 aromatic carbocycles. The summed E-state index contributed by atoms with van der Waals surface area (Å²) in [7, 11) is 8.48. The van der Waals surface area contributed by atoms with Gasteiger partial charge in [-0.1, -0.05) is 68.3 Å². The number of aryl methyl sites for hydroxylation is 1. The third-order valence-electron chi connectivity index (χ3n) is 8.58. The molecule has 0 fully saturated rings. The normalized spacial score (nSPS) is 11.9. The van der Waals surface area contributed by atoms with E-state index in [1.807, 2.05) is 0 Å². The van der Waals surface area contributed by atoms with Crippen LogP contribution in [-0.2, 0) is 11.3 Å². The number of hydrogen-bond donors (Lipinski definition) is 1. The van der Waals surface area contributed by atoms with E-state index in [0.717, 1.165) is 62.2 Å². The molecule has 0 unspecified atom stereocenters. The third kappa shape index (κ3) is 7.02. The number of unbranched alkanes of at least 4 members (excludes halogenated alkanes) is 4. The van der Waals surface area contributed by atoms with Crippen molar-refractivity contribution in [3.63, 3.8) is 0 Å². The molecule has 1 aromatic heterocycles. The summed E-state index contributed by atoms with van der Waals surface area (Å²) in [5.74, 6) is 1.19. The number of fused-ring (bicyclic) bond motifs is 6. The standard InChI is InChI=1S/C37H47N5O/c1-6-7-13-24-38-34(43)27-42(4,5)26-15-8-14-25-41-36-33-19-12-10-17-31(33)30-16-9-11-18-32(30)35(36)39-37(41)28-20-22-29(23-21-28)40(2)3/h9-12,16-23H,6-8,13-15,24-27H2,1-5H3/p+1. The fourth-order valence-electron chi connectivity index (χ4n) is 6.22. The van der Waals surface area contributed by atoms with E-state index in [1.165, 1.54) is 45.6 Å². The molecule has 6 heteroatoms. The second-order valence-corrected chi connectivity index (χ2v) is 12.8. The minimum absolute atomic E-state index is 0.162. The number of carbonyl (C=O) groups excluding carboxylic acids is 1. The summed E-state index contributed by atoms with van der Waals surface area (Å²) >= 11 is 0. The van der Waals surface area contributed by atoms with E-state index in [2.05, 4.69) is 123 Å². The molecule has 0 aliphatic heterocycles. The van der Waals surface area contributed by atoms with Crippen molar-refractivity contribution in [1.82, 2.24) is 14.9 Å². The molecule has 0 bridgehead atoms. The van der Waals surface area contributed by atoms with Crippen LogP contribution < -0.4 is 10.2 Å². The van der Waals surface area contributed by atoms with Crippen LogP contribution in [0.3, 0.4) is 0 Å². The lowest BCUT2D eigenvalue weighted by molar-refractivity contribution is -0.882. The molecule has 0 aliphatic carbocycles. The first kappa shape index (κ1) is 30.6. The quantitative estimate of drug-likeness (QED) is 0.0837. The van der Waals surface area contributed by atoms with Gasteiger partial charge in [-0.2, -0.15) is 0 Å². The van der Waals surface area contributed by atoms with Crippen molar-refractivity contribution < 1.29 is 9.28 Å². The van der Waals surface area contributed by atoms with Crippen LogP contribution in [0.25, 0.3) is 44.0 Å². The largest absolute Gasteiger partial charge is 0.378 e. The molecule has 0 atom stereocenters. The van der Waals surface area contributed by atoms with Crippen LogP contribution >= 0.6 is 0 Å². The Hall–Kier alpha value is -3.90. The van der Waals surface area contributed by atoms with Crippen molar-refractivity contribution in [3.8, 4) is 11.4 Å². The number of benzene rings is 4. The second kappa shape index (κ2) is 13.6. The summed E-state index contributed by atoms with van der Waals surface area (Å²) in [6.07, 6.45) is 6.64. The summed E-state index contributed by atoms with van der Waals surface area (Å²) in [6.45, 7) is 5.39. The van der Waals surface area contributed by atoms with Gasteiger partial charge in [0.2, 0.25) is 0 Å². The number of carbonyl (C=O) groups is 1. The van der Waals surface area contributed by atoms with Gasteiger partial charge in [0.25, 0.3) is 5.91 Å². The molecule has 0 aliphatic rings. The van der Waals surface area contributed by atoms with Gasteiger partial charge in [0, 0.05) is 49.2 Å². The SMILES string of the molecule is CCCCCNC(=O)C[N+](C)(C)CCCCCn1c(-c2ccc(N(C)C)cc2)nc2c3ccccc3c3ccccc3c21. The molecule has 226 valence electrons. The zero-order chi connectivity index (χ0) is 30.4. The molecule has 1 amide bonds. The molecule has 0 saturated heterocycles. The Bertz CT molecular complexity index is 1680. The Morgan fingerprint density at radius 3 is 2.14 bits per heavy atom. The van der Waals surface area contributed by atoms with Crippen molar-refractivity contribution in [1.29, 1.82) is 0 Å². The molecule has 1 N–H and O–H groups in total. The van der Waals surface area contributed by atoms with Crippen molar-refractivity contribution in [3.05, 3.63) is 72.8 Å². The number of anilines is 1. The third-order valence-corrected chi connectivity index (χ3v) is 8.58. The molecule has 0 spiro atoms. The zero-order valence-electron chi connectivity index (χ0n) is 26.7. The van der Waals surface area contributed by atoms with E-state index in [-0.39, 0.29) is 5.91 Å². The summed E-state index contributed by atoms with van der Waals surface area (Å²) in [4.78, 5) is 20.0. The molecule has 0 saturated carbocycles. The van der Waals surface area contributed by atoms with Crippen LogP contribution in [0.2, 0.25) is 0 Å². The number of rotatable bonds is 14. The van der Waals surface area contributed by atoms with Crippen molar-refractivity contribution >= 4 is 44.2 Å². The van der Waals surface area contributed by atoms with Crippen LogP contribution in [0.15, 0.2) is 72.8 Å².